The molecular weight excluding hydrogens is 244 g/mol. The Kier molecular flexibility index (Phi) is 4.78. The van der Waals surface area contributed by atoms with Crippen molar-refractivity contribution in [3.05, 3.63) is 29.3 Å². The van der Waals surface area contributed by atoms with Gasteiger partial charge in [0, 0.05) is 12.1 Å². The maximum absolute atomic E-state index is 11.5. The minimum absolute atomic E-state index is 0.129. The molecule has 4 N–H and O–H groups in total. The van der Waals surface area contributed by atoms with Crippen molar-refractivity contribution in [1.82, 2.24) is 5.32 Å². The number of carbonyl (C=O) groups is 1. The second kappa shape index (κ2) is 5.93. The van der Waals surface area contributed by atoms with E-state index in [4.69, 9.17) is 10.5 Å². The lowest BCUT2D eigenvalue weighted by Crippen LogP contribution is -2.36. The zero-order valence-corrected chi connectivity index (χ0v) is 11.9. The molecule has 1 aromatic rings. The summed E-state index contributed by atoms with van der Waals surface area (Å²) in [7, 11) is 0. The number of nitrogens with two attached hydrogens (primary N) is 1. The van der Waals surface area contributed by atoms with Crippen molar-refractivity contribution in [2.24, 2.45) is 5.73 Å². The molecule has 0 aliphatic rings. The average Bonchev–Trinajstić information content (AvgIpc) is 2.27. The number of aryl methyl sites for hydroxylation is 1. The van der Waals surface area contributed by atoms with Crippen molar-refractivity contribution in [3.8, 4) is 5.75 Å². The summed E-state index contributed by atoms with van der Waals surface area (Å²) < 4.78 is 5.11. The van der Waals surface area contributed by atoms with E-state index in [9.17, 15) is 9.90 Å². The third-order valence-electron chi connectivity index (χ3n) is 2.45. The van der Waals surface area contributed by atoms with E-state index < -0.39 is 17.7 Å². The van der Waals surface area contributed by atoms with Gasteiger partial charge >= 0.3 is 6.09 Å². The van der Waals surface area contributed by atoms with Gasteiger partial charge in [-0.15, -0.1) is 0 Å². The maximum atomic E-state index is 11.5. The summed E-state index contributed by atoms with van der Waals surface area (Å²) in [6, 6.07) is 4.72. The maximum Gasteiger partial charge on any atom is 0.407 e. The molecule has 0 saturated carbocycles. The Morgan fingerprint density at radius 3 is 2.68 bits per heavy atom. The van der Waals surface area contributed by atoms with Gasteiger partial charge in [0.2, 0.25) is 0 Å². The standard InChI is InChI=1S/C14H22N2O3/c1-9-5-6-12(17)10(7-9)11(15)8-16-13(18)19-14(2,3)4/h5-7,11,17H,8,15H2,1-4H3,(H,16,18). The van der Waals surface area contributed by atoms with Crippen LogP contribution in [0.2, 0.25) is 0 Å². The Morgan fingerprint density at radius 1 is 1.47 bits per heavy atom. The zero-order valence-electron chi connectivity index (χ0n) is 11.9. The van der Waals surface area contributed by atoms with Crippen LogP contribution >= 0.6 is 0 Å². The van der Waals surface area contributed by atoms with E-state index >= 15 is 0 Å². The zero-order chi connectivity index (χ0) is 14.6. The highest BCUT2D eigenvalue weighted by Crippen LogP contribution is 2.23. The van der Waals surface area contributed by atoms with E-state index in [0.717, 1.165) is 5.56 Å². The van der Waals surface area contributed by atoms with Gasteiger partial charge in [0.25, 0.3) is 0 Å². The number of nitrogens with one attached hydrogen (secondary N) is 1. The van der Waals surface area contributed by atoms with Crippen LogP contribution in [0.25, 0.3) is 0 Å². The second-order valence-electron chi connectivity index (χ2n) is 5.55. The molecule has 0 aliphatic heterocycles. The molecule has 1 aromatic carbocycles. The summed E-state index contributed by atoms with van der Waals surface area (Å²) in [5.41, 5.74) is 7.01. The Morgan fingerprint density at radius 2 is 2.11 bits per heavy atom. The lowest BCUT2D eigenvalue weighted by atomic mass is 10.0. The van der Waals surface area contributed by atoms with Crippen LogP contribution in [0.4, 0.5) is 4.79 Å². The fourth-order valence-corrected chi connectivity index (χ4v) is 1.59. The Bertz CT molecular complexity index is 452. The van der Waals surface area contributed by atoms with Crippen molar-refractivity contribution >= 4 is 6.09 Å². The van der Waals surface area contributed by atoms with Crippen molar-refractivity contribution in [2.75, 3.05) is 6.54 Å². The van der Waals surface area contributed by atoms with Crippen LogP contribution < -0.4 is 11.1 Å². The summed E-state index contributed by atoms with van der Waals surface area (Å²) in [5.74, 6) is 0.129. The highest BCUT2D eigenvalue weighted by molar-refractivity contribution is 5.67. The number of amides is 1. The average molecular weight is 266 g/mol. The number of aromatic hydroxyl groups is 1. The van der Waals surface area contributed by atoms with Gasteiger partial charge < -0.3 is 20.9 Å². The van der Waals surface area contributed by atoms with Gasteiger partial charge in [-0.3, -0.25) is 0 Å². The molecule has 0 radical (unpaired) electrons. The molecule has 1 amide bonds. The molecule has 1 unspecified atom stereocenters. The molecule has 106 valence electrons. The number of benzene rings is 1. The molecule has 1 rings (SSSR count). The SMILES string of the molecule is Cc1ccc(O)c(C(N)CNC(=O)OC(C)(C)C)c1. The smallest absolute Gasteiger partial charge is 0.407 e. The first-order valence-corrected chi connectivity index (χ1v) is 6.21. The van der Waals surface area contributed by atoms with E-state index in [1.54, 1.807) is 39.0 Å². The number of phenolic OH excluding ortho intramolecular Hbond substituents is 1. The van der Waals surface area contributed by atoms with E-state index in [0.29, 0.717) is 5.56 Å². The molecule has 19 heavy (non-hydrogen) atoms. The van der Waals surface area contributed by atoms with Crippen molar-refractivity contribution in [1.29, 1.82) is 0 Å². The predicted octanol–water partition coefficient (Wildman–Crippen LogP) is 2.23. The summed E-state index contributed by atoms with van der Waals surface area (Å²) in [6.45, 7) is 7.49. The quantitative estimate of drug-likeness (QED) is 0.783. The molecule has 1 atom stereocenters. The van der Waals surface area contributed by atoms with Crippen LogP contribution in [-0.4, -0.2) is 23.3 Å². The Balaban J connectivity index is 2.58. The normalized spacial score (nSPS) is 12.9. The van der Waals surface area contributed by atoms with Gasteiger partial charge in [-0.05, 0) is 33.8 Å². The van der Waals surface area contributed by atoms with E-state index in [1.807, 2.05) is 6.92 Å². The highest BCUT2D eigenvalue weighted by Gasteiger charge is 2.17. The Hall–Kier alpha value is -1.75. The minimum Gasteiger partial charge on any atom is -0.508 e. The molecule has 0 saturated heterocycles. The highest BCUT2D eigenvalue weighted by atomic mass is 16.6. The van der Waals surface area contributed by atoms with E-state index in [1.165, 1.54) is 0 Å². The van der Waals surface area contributed by atoms with Crippen LogP contribution in [0.3, 0.4) is 0 Å². The predicted molar refractivity (Wildman–Crippen MR) is 74.0 cm³/mol. The number of hydrogen-bond donors (Lipinski definition) is 3. The molecule has 5 nitrogen and oxygen atoms in total. The first kappa shape index (κ1) is 15.3. The number of phenols is 1. The van der Waals surface area contributed by atoms with Crippen molar-refractivity contribution in [2.45, 2.75) is 39.3 Å². The number of hydrogen-bond acceptors (Lipinski definition) is 4. The van der Waals surface area contributed by atoms with Crippen LogP contribution in [0.15, 0.2) is 18.2 Å². The summed E-state index contributed by atoms with van der Waals surface area (Å²) in [5, 5.41) is 12.3. The van der Waals surface area contributed by atoms with Crippen LogP contribution in [0.5, 0.6) is 5.75 Å². The second-order valence-corrected chi connectivity index (χ2v) is 5.55. The molecule has 5 heteroatoms. The van der Waals surface area contributed by atoms with Gasteiger partial charge in [-0.25, -0.2) is 4.79 Å². The lowest BCUT2D eigenvalue weighted by Gasteiger charge is -2.21. The first-order valence-electron chi connectivity index (χ1n) is 6.21. The van der Waals surface area contributed by atoms with Crippen LogP contribution in [0, 0.1) is 6.92 Å². The van der Waals surface area contributed by atoms with Crippen molar-refractivity contribution < 1.29 is 14.6 Å². The molecule has 0 aromatic heterocycles. The van der Waals surface area contributed by atoms with E-state index in [-0.39, 0.29) is 12.3 Å². The molecule has 0 bridgehead atoms. The Labute approximate surface area is 113 Å². The molecule has 0 spiro atoms. The van der Waals surface area contributed by atoms with Crippen LogP contribution in [0.1, 0.15) is 37.9 Å². The monoisotopic (exact) mass is 266 g/mol. The molecule has 0 fully saturated rings. The van der Waals surface area contributed by atoms with Gasteiger partial charge in [-0.1, -0.05) is 17.7 Å². The van der Waals surface area contributed by atoms with Crippen molar-refractivity contribution in [3.63, 3.8) is 0 Å². The van der Waals surface area contributed by atoms with Gasteiger partial charge in [0.1, 0.15) is 11.4 Å². The van der Waals surface area contributed by atoms with Crippen LogP contribution in [-0.2, 0) is 4.74 Å². The minimum atomic E-state index is -0.542. The largest absolute Gasteiger partial charge is 0.508 e. The molecule has 0 heterocycles. The molecular formula is C14H22N2O3. The molecule has 0 aliphatic carbocycles. The fraction of sp³-hybridized carbons (Fsp3) is 0.500. The topological polar surface area (TPSA) is 84.6 Å². The third-order valence-corrected chi connectivity index (χ3v) is 2.45. The van der Waals surface area contributed by atoms with Gasteiger partial charge in [0.15, 0.2) is 0 Å². The van der Waals surface area contributed by atoms with Gasteiger partial charge in [0.05, 0.1) is 6.04 Å². The van der Waals surface area contributed by atoms with Gasteiger partial charge in [-0.2, -0.15) is 0 Å². The number of carbonyl (C=O) groups excluding carboxylic acids is 1. The number of alkyl carbamates (subject to hydrolysis) is 1. The fourth-order valence-electron chi connectivity index (χ4n) is 1.59. The summed E-state index contributed by atoms with van der Waals surface area (Å²) >= 11 is 0. The summed E-state index contributed by atoms with van der Waals surface area (Å²) in [6.07, 6.45) is -0.518. The first-order chi connectivity index (χ1) is 8.69. The van der Waals surface area contributed by atoms with E-state index in [2.05, 4.69) is 5.32 Å². The summed E-state index contributed by atoms with van der Waals surface area (Å²) in [4.78, 5) is 11.5. The number of ether oxygens (including phenoxy) is 1. The number of rotatable bonds is 3. The third kappa shape index (κ3) is 5.18. The lowest BCUT2D eigenvalue weighted by molar-refractivity contribution is 0.0524.